The number of nitrogen functional groups attached to an aromatic ring is 1. The molecule has 6 nitrogen and oxygen atoms in total. The van der Waals surface area contributed by atoms with E-state index in [1.807, 2.05) is 11.5 Å². The quantitative estimate of drug-likeness (QED) is 0.795. The molecule has 3 rings (SSSR count). The van der Waals surface area contributed by atoms with E-state index in [9.17, 15) is 9.18 Å². The molecule has 2 N–H and O–H groups in total. The van der Waals surface area contributed by atoms with Crippen molar-refractivity contribution in [2.75, 3.05) is 24.8 Å². The van der Waals surface area contributed by atoms with E-state index in [1.165, 1.54) is 16.8 Å². The number of hydrogen-bond donors (Lipinski definition) is 1. The summed E-state index contributed by atoms with van der Waals surface area (Å²) in [5.41, 5.74) is 7.89. The molecule has 0 bridgehead atoms. The van der Waals surface area contributed by atoms with Gasteiger partial charge in [0.25, 0.3) is 5.56 Å². The van der Waals surface area contributed by atoms with Crippen molar-refractivity contribution < 1.29 is 4.39 Å². The van der Waals surface area contributed by atoms with Crippen LogP contribution in [0.4, 0.5) is 10.3 Å². The van der Waals surface area contributed by atoms with Crippen molar-refractivity contribution in [3.63, 3.8) is 0 Å². The van der Waals surface area contributed by atoms with Crippen LogP contribution in [-0.2, 0) is 6.54 Å². The topological polar surface area (TPSA) is 69.1 Å². The second-order valence-corrected chi connectivity index (χ2v) is 5.67. The monoisotopic (exact) mass is 315 g/mol. The molecule has 0 amide bonds. The third kappa shape index (κ3) is 2.54. The van der Waals surface area contributed by atoms with Gasteiger partial charge in [-0.3, -0.25) is 4.79 Å². The second-order valence-electron chi connectivity index (χ2n) is 5.67. The zero-order chi connectivity index (χ0) is 16.7. The second kappa shape index (κ2) is 5.42. The van der Waals surface area contributed by atoms with E-state index in [0.29, 0.717) is 17.6 Å². The Morgan fingerprint density at radius 1 is 1.30 bits per heavy atom. The van der Waals surface area contributed by atoms with E-state index in [0.717, 1.165) is 11.1 Å². The van der Waals surface area contributed by atoms with Gasteiger partial charge in [0.1, 0.15) is 5.82 Å². The van der Waals surface area contributed by atoms with Crippen LogP contribution in [0.5, 0.6) is 0 Å². The molecule has 0 fully saturated rings. The van der Waals surface area contributed by atoms with Crippen molar-refractivity contribution in [1.82, 2.24) is 14.2 Å². The van der Waals surface area contributed by atoms with Crippen LogP contribution in [0.2, 0.25) is 0 Å². The maximum Gasteiger partial charge on any atom is 0.274 e. The van der Waals surface area contributed by atoms with E-state index in [2.05, 4.69) is 4.98 Å². The predicted molar refractivity (Wildman–Crippen MR) is 88.7 cm³/mol. The summed E-state index contributed by atoms with van der Waals surface area (Å²) in [5.74, 6) is -0.142. The molecule has 0 aliphatic heterocycles. The van der Waals surface area contributed by atoms with Crippen LogP contribution < -0.4 is 16.3 Å². The minimum Gasteiger partial charge on any atom is -0.368 e. The number of aromatic nitrogens is 3. The molecule has 0 atom stereocenters. The molecular formula is C16H18FN5O. The van der Waals surface area contributed by atoms with Crippen LogP contribution in [0, 0.1) is 12.7 Å². The van der Waals surface area contributed by atoms with Gasteiger partial charge >= 0.3 is 0 Å². The third-order valence-electron chi connectivity index (χ3n) is 3.78. The van der Waals surface area contributed by atoms with Crippen LogP contribution in [0.1, 0.15) is 11.3 Å². The molecule has 7 heteroatoms. The first kappa shape index (κ1) is 15.1. The van der Waals surface area contributed by atoms with E-state index in [-0.39, 0.29) is 17.3 Å². The van der Waals surface area contributed by atoms with Gasteiger partial charge in [0.15, 0.2) is 0 Å². The van der Waals surface area contributed by atoms with E-state index < -0.39 is 0 Å². The van der Waals surface area contributed by atoms with Crippen LogP contribution in [0.25, 0.3) is 10.9 Å². The molecule has 0 saturated carbocycles. The van der Waals surface area contributed by atoms with E-state index in [4.69, 9.17) is 5.73 Å². The number of nitrogens with two attached hydrogens (primary N) is 1. The summed E-state index contributed by atoms with van der Waals surface area (Å²) in [6.45, 7) is 2.27. The normalized spacial score (nSPS) is 11.1. The van der Waals surface area contributed by atoms with Crippen LogP contribution >= 0.6 is 0 Å². The number of anilines is 1. The molecule has 3 aromatic rings. The fourth-order valence-electron chi connectivity index (χ4n) is 2.80. The van der Waals surface area contributed by atoms with Gasteiger partial charge in [-0.1, -0.05) is 6.07 Å². The van der Waals surface area contributed by atoms with Gasteiger partial charge in [0, 0.05) is 31.7 Å². The summed E-state index contributed by atoms with van der Waals surface area (Å²) in [7, 11) is 3.43. The molecule has 0 aliphatic carbocycles. The highest BCUT2D eigenvalue weighted by Crippen LogP contribution is 2.23. The number of fused-ring (bicyclic) bond motifs is 1. The van der Waals surface area contributed by atoms with Crippen molar-refractivity contribution in [2.45, 2.75) is 13.5 Å². The molecule has 0 unspecified atom stereocenters. The molecular weight excluding hydrogens is 297 g/mol. The SMILES string of the molecule is Cc1ccc(F)c2ccn(Cc3cc(=O)n(N(C)C)c(N)n3)c12. The molecule has 23 heavy (non-hydrogen) atoms. The summed E-state index contributed by atoms with van der Waals surface area (Å²) in [4.78, 5) is 16.4. The van der Waals surface area contributed by atoms with Gasteiger partial charge in [-0.25, -0.2) is 9.37 Å². The lowest BCUT2D eigenvalue weighted by molar-refractivity contribution is 0.639. The Balaban J connectivity index is 2.07. The first-order chi connectivity index (χ1) is 10.9. The Labute approximate surface area is 132 Å². The standard InChI is InChI=1S/C16H18FN5O/c1-10-4-5-13(17)12-6-7-21(15(10)12)9-11-8-14(23)22(20(2)3)16(18)19-11/h4-8H,9H2,1-3H3,(H2,18,19). The largest absolute Gasteiger partial charge is 0.368 e. The van der Waals surface area contributed by atoms with Crippen molar-refractivity contribution in [3.8, 4) is 0 Å². The van der Waals surface area contributed by atoms with E-state index >= 15 is 0 Å². The van der Waals surface area contributed by atoms with Gasteiger partial charge in [-0.05, 0) is 24.6 Å². The summed E-state index contributed by atoms with van der Waals surface area (Å²) >= 11 is 0. The van der Waals surface area contributed by atoms with E-state index in [1.54, 1.807) is 37.4 Å². The summed E-state index contributed by atoms with van der Waals surface area (Å²) < 4.78 is 17.0. The van der Waals surface area contributed by atoms with Crippen molar-refractivity contribution in [2.24, 2.45) is 0 Å². The number of rotatable bonds is 3. The summed E-state index contributed by atoms with van der Waals surface area (Å²) in [5, 5.41) is 2.12. The van der Waals surface area contributed by atoms with Crippen LogP contribution in [0.3, 0.4) is 0 Å². The van der Waals surface area contributed by atoms with Gasteiger partial charge < -0.3 is 15.3 Å². The minimum absolute atomic E-state index is 0.122. The van der Waals surface area contributed by atoms with Gasteiger partial charge in [-0.15, -0.1) is 0 Å². The molecule has 1 aromatic carbocycles. The van der Waals surface area contributed by atoms with Crippen molar-refractivity contribution in [3.05, 3.63) is 57.9 Å². The van der Waals surface area contributed by atoms with Gasteiger partial charge in [0.05, 0.1) is 17.8 Å². The van der Waals surface area contributed by atoms with Crippen LogP contribution in [0.15, 0.2) is 35.3 Å². The highest BCUT2D eigenvalue weighted by molar-refractivity contribution is 5.83. The Hall–Kier alpha value is -2.83. The average molecular weight is 315 g/mol. The molecule has 2 heterocycles. The maximum absolute atomic E-state index is 13.9. The average Bonchev–Trinajstić information content (AvgIpc) is 2.87. The molecule has 0 saturated heterocycles. The molecule has 0 radical (unpaired) electrons. The predicted octanol–water partition coefficient (Wildman–Crippen LogP) is 1.47. The summed E-state index contributed by atoms with van der Waals surface area (Å²) in [6, 6.07) is 6.36. The highest BCUT2D eigenvalue weighted by Gasteiger charge is 2.12. The Bertz CT molecular complexity index is 942. The Kier molecular flexibility index (Phi) is 3.55. The minimum atomic E-state index is -0.264. The fraction of sp³-hybridized carbons (Fsp3) is 0.250. The smallest absolute Gasteiger partial charge is 0.274 e. The zero-order valence-corrected chi connectivity index (χ0v) is 13.2. The third-order valence-corrected chi connectivity index (χ3v) is 3.78. The lowest BCUT2D eigenvalue weighted by atomic mass is 10.1. The van der Waals surface area contributed by atoms with Gasteiger partial charge in [-0.2, -0.15) is 4.68 Å². The molecule has 120 valence electrons. The first-order valence-electron chi connectivity index (χ1n) is 7.18. The van der Waals surface area contributed by atoms with Gasteiger partial charge in [0.2, 0.25) is 5.95 Å². The van der Waals surface area contributed by atoms with Crippen molar-refractivity contribution >= 4 is 16.9 Å². The number of aryl methyl sites for hydroxylation is 1. The number of hydrogen-bond acceptors (Lipinski definition) is 4. The zero-order valence-electron chi connectivity index (χ0n) is 13.2. The molecule has 0 aliphatic rings. The Morgan fingerprint density at radius 3 is 2.70 bits per heavy atom. The van der Waals surface area contributed by atoms with Crippen molar-refractivity contribution in [1.29, 1.82) is 0 Å². The number of nitrogens with zero attached hydrogens (tertiary/aromatic N) is 4. The Morgan fingerprint density at radius 2 is 2.04 bits per heavy atom. The summed E-state index contributed by atoms with van der Waals surface area (Å²) in [6.07, 6.45) is 1.79. The maximum atomic E-state index is 13.9. The number of benzene rings is 1. The molecule has 2 aromatic heterocycles. The lowest BCUT2D eigenvalue weighted by Gasteiger charge is -2.18. The molecule has 0 spiro atoms. The number of halogens is 1. The fourth-order valence-corrected chi connectivity index (χ4v) is 2.80. The lowest BCUT2D eigenvalue weighted by Crippen LogP contribution is -2.38. The van der Waals surface area contributed by atoms with Crippen LogP contribution in [-0.4, -0.2) is 28.3 Å². The highest BCUT2D eigenvalue weighted by atomic mass is 19.1. The first-order valence-corrected chi connectivity index (χ1v) is 7.18.